The lowest BCUT2D eigenvalue weighted by Crippen LogP contribution is -2.46. The van der Waals surface area contributed by atoms with E-state index in [1.54, 1.807) is 0 Å². The van der Waals surface area contributed by atoms with Crippen LogP contribution in [0.15, 0.2) is 24.3 Å². The Balaban J connectivity index is 2.09. The fourth-order valence-electron chi connectivity index (χ4n) is 2.41. The van der Waals surface area contributed by atoms with Gasteiger partial charge in [0.15, 0.2) is 0 Å². The molecule has 0 aliphatic heterocycles. The largest absolute Gasteiger partial charge is 0.317 e. The molecular weight excluding hydrogens is 184 g/mol. The zero-order valence-corrected chi connectivity index (χ0v) is 9.20. The second-order valence-electron chi connectivity index (χ2n) is 4.33. The van der Waals surface area contributed by atoms with Gasteiger partial charge in [-0.3, -0.25) is 0 Å². The summed E-state index contributed by atoms with van der Waals surface area (Å²) in [6.07, 6.45) is 1.21. The van der Waals surface area contributed by atoms with Gasteiger partial charge in [0, 0.05) is 6.04 Å². The van der Waals surface area contributed by atoms with Crippen LogP contribution in [0.2, 0.25) is 0 Å². The van der Waals surface area contributed by atoms with Crippen LogP contribution in [0.5, 0.6) is 0 Å². The van der Waals surface area contributed by atoms with Crippen molar-refractivity contribution in [2.45, 2.75) is 25.3 Å². The van der Waals surface area contributed by atoms with Gasteiger partial charge in [0.1, 0.15) is 0 Å². The number of nitriles is 1. The zero-order chi connectivity index (χ0) is 10.8. The minimum Gasteiger partial charge on any atom is -0.317 e. The Hall–Kier alpha value is -1.33. The maximum absolute atomic E-state index is 8.71. The van der Waals surface area contributed by atoms with Crippen molar-refractivity contribution in [1.82, 2.24) is 5.32 Å². The first-order valence-corrected chi connectivity index (χ1v) is 5.43. The summed E-state index contributed by atoms with van der Waals surface area (Å²) in [5.41, 5.74) is 2.11. The number of nitrogens with one attached hydrogen (secondary N) is 1. The molecule has 1 saturated carbocycles. The van der Waals surface area contributed by atoms with Gasteiger partial charge in [0.2, 0.25) is 0 Å². The van der Waals surface area contributed by atoms with Gasteiger partial charge < -0.3 is 5.32 Å². The van der Waals surface area contributed by atoms with Crippen molar-refractivity contribution in [3.05, 3.63) is 35.4 Å². The highest BCUT2D eigenvalue weighted by Gasteiger charge is 2.37. The average molecular weight is 200 g/mol. The highest BCUT2D eigenvalue weighted by atomic mass is 14.9. The number of benzene rings is 1. The van der Waals surface area contributed by atoms with Crippen molar-refractivity contribution in [3.8, 4) is 6.07 Å². The Labute approximate surface area is 90.9 Å². The minimum atomic E-state index is 0.658. The van der Waals surface area contributed by atoms with Gasteiger partial charge in [-0.1, -0.05) is 19.1 Å². The summed E-state index contributed by atoms with van der Waals surface area (Å²) in [6.45, 7) is 2.29. The second kappa shape index (κ2) is 4.04. The van der Waals surface area contributed by atoms with Gasteiger partial charge in [-0.05, 0) is 43.0 Å². The molecule has 1 aromatic rings. The van der Waals surface area contributed by atoms with Crippen LogP contribution in [-0.4, -0.2) is 13.1 Å². The average Bonchev–Trinajstić information content (AvgIpc) is 2.28. The predicted octanol–water partition coefficient (Wildman–Crippen LogP) is 2.27. The number of hydrogen-bond donors (Lipinski definition) is 1. The van der Waals surface area contributed by atoms with Crippen LogP contribution in [0.1, 0.15) is 30.4 Å². The fraction of sp³-hybridized carbons (Fsp3) is 0.462. The minimum absolute atomic E-state index is 0.658. The topological polar surface area (TPSA) is 35.8 Å². The quantitative estimate of drug-likeness (QED) is 0.795. The molecule has 1 aliphatic rings. The predicted molar refractivity (Wildman–Crippen MR) is 60.5 cm³/mol. The van der Waals surface area contributed by atoms with Crippen LogP contribution in [0, 0.1) is 17.2 Å². The van der Waals surface area contributed by atoms with E-state index < -0.39 is 0 Å². The molecule has 0 spiro atoms. The van der Waals surface area contributed by atoms with E-state index in [9.17, 15) is 0 Å². The van der Waals surface area contributed by atoms with E-state index in [0.29, 0.717) is 17.9 Å². The summed E-state index contributed by atoms with van der Waals surface area (Å²) >= 11 is 0. The summed E-state index contributed by atoms with van der Waals surface area (Å²) in [5.74, 6) is 1.36. The first-order valence-electron chi connectivity index (χ1n) is 5.43. The van der Waals surface area contributed by atoms with Crippen molar-refractivity contribution >= 4 is 0 Å². The van der Waals surface area contributed by atoms with E-state index in [-0.39, 0.29) is 0 Å². The molecule has 2 rings (SSSR count). The molecule has 15 heavy (non-hydrogen) atoms. The lowest BCUT2D eigenvalue weighted by atomic mass is 9.67. The molecule has 3 unspecified atom stereocenters. The van der Waals surface area contributed by atoms with Crippen LogP contribution in [-0.2, 0) is 0 Å². The molecule has 78 valence electrons. The lowest BCUT2D eigenvalue weighted by Gasteiger charge is -2.43. The molecule has 1 N–H and O–H groups in total. The SMILES string of the molecule is CNC1CC(c2ccc(C#N)cc2)C1C. The molecule has 0 saturated heterocycles. The first-order chi connectivity index (χ1) is 7.26. The van der Waals surface area contributed by atoms with Gasteiger partial charge in [0.05, 0.1) is 11.6 Å². The summed E-state index contributed by atoms with van der Waals surface area (Å²) < 4.78 is 0. The normalized spacial score (nSPS) is 29.3. The second-order valence-corrected chi connectivity index (χ2v) is 4.33. The van der Waals surface area contributed by atoms with Gasteiger partial charge in [0.25, 0.3) is 0 Å². The van der Waals surface area contributed by atoms with Gasteiger partial charge >= 0.3 is 0 Å². The fourth-order valence-corrected chi connectivity index (χ4v) is 2.41. The van der Waals surface area contributed by atoms with Crippen molar-refractivity contribution in [2.24, 2.45) is 5.92 Å². The molecule has 0 radical (unpaired) electrons. The van der Waals surface area contributed by atoms with Crippen LogP contribution < -0.4 is 5.32 Å². The van der Waals surface area contributed by atoms with E-state index in [1.165, 1.54) is 12.0 Å². The molecule has 1 aliphatic carbocycles. The lowest BCUT2D eigenvalue weighted by molar-refractivity contribution is 0.194. The van der Waals surface area contributed by atoms with Crippen LogP contribution in [0.4, 0.5) is 0 Å². The molecule has 3 atom stereocenters. The monoisotopic (exact) mass is 200 g/mol. The molecule has 0 aromatic heterocycles. The Kier molecular flexibility index (Phi) is 2.75. The standard InChI is InChI=1S/C13H16N2/c1-9-12(7-13(9)15-2)11-5-3-10(8-14)4-6-11/h3-6,9,12-13,15H,7H2,1-2H3. The Morgan fingerprint density at radius 2 is 2.00 bits per heavy atom. The van der Waals surface area contributed by atoms with Crippen molar-refractivity contribution in [1.29, 1.82) is 5.26 Å². The van der Waals surface area contributed by atoms with Crippen molar-refractivity contribution < 1.29 is 0 Å². The van der Waals surface area contributed by atoms with Crippen LogP contribution >= 0.6 is 0 Å². The maximum Gasteiger partial charge on any atom is 0.0991 e. The van der Waals surface area contributed by atoms with Crippen molar-refractivity contribution in [3.63, 3.8) is 0 Å². The third-order valence-electron chi connectivity index (χ3n) is 3.62. The molecular formula is C13H16N2. The number of rotatable bonds is 2. The summed E-state index contributed by atoms with van der Waals surface area (Å²) in [5, 5.41) is 12.0. The molecule has 2 nitrogen and oxygen atoms in total. The smallest absolute Gasteiger partial charge is 0.0991 e. The Morgan fingerprint density at radius 1 is 1.33 bits per heavy atom. The highest BCUT2D eigenvalue weighted by Crippen LogP contribution is 2.42. The molecule has 0 heterocycles. The van der Waals surface area contributed by atoms with Gasteiger partial charge in [-0.15, -0.1) is 0 Å². The van der Waals surface area contributed by atoms with Crippen LogP contribution in [0.3, 0.4) is 0 Å². The molecule has 1 fully saturated rings. The van der Waals surface area contributed by atoms with Crippen molar-refractivity contribution in [2.75, 3.05) is 7.05 Å². The summed E-state index contributed by atoms with van der Waals surface area (Å²) in [7, 11) is 2.02. The van der Waals surface area contributed by atoms with E-state index in [0.717, 1.165) is 5.56 Å². The Morgan fingerprint density at radius 3 is 2.47 bits per heavy atom. The third kappa shape index (κ3) is 1.75. The zero-order valence-electron chi connectivity index (χ0n) is 9.20. The highest BCUT2D eigenvalue weighted by molar-refractivity contribution is 5.34. The number of hydrogen-bond acceptors (Lipinski definition) is 2. The van der Waals surface area contributed by atoms with Crippen LogP contribution in [0.25, 0.3) is 0 Å². The summed E-state index contributed by atoms with van der Waals surface area (Å²) in [6, 6.07) is 10.8. The molecule has 1 aromatic carbocycles. The van der Waals surface area contributed by atoms with E-state index in [1.807, 2.05) is 19.2 Å². The van der Waals surface area contributed by atoms with E-state index in [2.05, 4.69) is 30.4 Å². The third-order valence-corrected chi connectivity index (χ3v) is 3.62. The van der Waals surface area contributed by atoms with Gasteiger partial charge in [-0.25, -0.2) is 0 Å². The van der Waals surface area contributed by atoms with E-state index in [4.69, 9.17) is 5.26 Å². The molecule has 0 amide bonds. The van der Waals surface area contributed by atoms with Gasteiger partial charge in [-0.2, -0.15) is 5.26 Å². The number of nitrogens with zero attached hydrogens (tertiary/aromatic N) is 1. The van der Waals surface area contributed by atoms with E-state index >= 15 is 0 Å². The Bertz CT molecular complexity index is 375. The first kappa shape index (κ1) is 10.2. The summed E-state index contributed by atoms with van der Waals surface area (Å²) in [4.78, 5) is 0. The molecule has 0 bridgehead atoms. The molecule has 2 heteroatoms. The maximum atomic E-state index is 8.71.